The van der Waals surface area contributed by atoms with Gasteiger partial charge in [0.05, 0.1) is 0 Å². The summed E-state index contributed by atoms with van der Waals surface area (Å²) in [5.41, 5.74) is 0.110. The van der Waals surface area contributed by atoms with Crippen molar-refractivity contribution in [3.05, 3.63) is 29.5 Å². The number of rotatable bonds is 3. The van der Waals surface area contributed by atoms with Gasteiger partial charge in [-0.1, -0.05) is 0 Å². The average molecular weight is 291 g/mol. The number of aromatic carboxylic acids is 1. The molecular formula is C12H13N5O2S. The standard InChI is InChI=1S/C12H13N5O2S/c18-10(19)9-8-20-12(15-9)17-6-4-16(5-7-17)11-13-2-1-3-14-11/h1-3,8H,4-7H2,(H,18,19). The van der Waals surface area contributed by atoms with Crippen LogP contribution in [0.25, 0.3) is 0 Å². The summed E-state index contributed by atoms with van der Waals surface area (Å²) in [6.07, 6.45) is 3.46. The molecule has 7 nitrogen and oxygen atoms in total. The van der Waals surface area contributed by atoms with Gasteiger partial charge < -0.3 is 14.9 Å². The predicted molar refractivity (Wildman–Crippen MR) is 75.5 cm³/mol. The lowest BCUT2D eigenvalue weighted by atomic mass is 10.3. The molecule has 1 saturated heterocycles. The molecule has 3 rings (SSSR count). The third-order valence-corrected chi connectivity index (χ3v) is 4.00. The molecule has 20 heavy (non-hydrogen) atoms. The van der Waals surface area contributed by atoms with Gasteiger partial charge in [0.1, 0.15) is 0 Å². The van der Waals surface area contributed by atoms with Gasteiger partial charge in [-0.15, -0.1) is 11.3 Å². The zero-order chi connectivity index (χ0) is 13.9. The highest BCUT2D eigenvalue weighted by Crippen LogP contribution is 2.22. The van der Waals surface area contributed by atoms with E-state index in [1.54, 1.807) is 23.8 Å². The smallest absolute Gasteiger partial charge is 0.355 e. The van der Waals surface area contributed by atoms with Gasteiger partial charge in [0.2, 0.25) is 5.95 Å². The Morgan fingerprint density at radius 3 is 2.40 bits per heavy atom. The molecule has 8 heteroatoms. The topological polar surface area (TPSA) is 82.5 Å². The fraction of sp³-hybridized carbons (Fsp3) is 0.333. The van der Waals surface area contributed by atoms with Crippen molar-refractivity contribution in [3.63, 3.8) is 0 Å². The number of aromatic nitrogens is 3. The normalized spacial score (nSPS) is 15.4. The molecule has 0 saturated carbocycles. The molecule has 0 spiro atoms. The van der Waals surface area contributed by atoms with Gasteiger partial charge in [0.15, 0.2) is 10.8 Å². The second kappa shape index (κ2) is 5.41. The molecular weight excluding hydrogens is 278 g/mol. The maximum Gasteiger partial charge on any atom is 0.355 e. The van der Waals surface area contributed by atoms with Crippen LogP contribution in [0.1, 0.15) is 10.5 Å². The summed E-state index contributed by atoms with van der Waals surface area (Å²) in [6, 6.07) is 1.79. The van der Waals surface area contributed by atoms with Crippen LogP contribution in [0, 0.1) is 0 Å². The number of anilines is 2. The number of nitrogens with zero attached hydrogens (tertiary/aromatic N) is 5. The Bertz CT molecular complexity index is 595. The first-order chi connectivity index (χ1) is 9.74. The van der Waals surface area contributed by atoms with Crippen molar-refractivity contribution in [1.82, 2.24) is 15.0 Å². The molecule has 0 amide bonds. The summed E-state index contributed by atoms with van der Waals surface area (Å²) >= 11 is 1.37. The number of carbonyl (C=O) groups is 1. The van der Waals surface area contributed by atoms with Crippen LogP contribution in [0.2, 0.25) is 0 Å². The van der Waals surface area contributed by atoms with E-state index in [0.29, 0.717) is 0 Å². The first-order valence-corrected chi connectivity index (χ1v) is 7.08. The van der Waals surface area contributed by atoms with E-state index in [9.17, 15) is 4.79 Å². The number of hydrogen-bond acceptors (Lipinski definition) is 7. The third-order valence-electron chi connectivity index (χ3n) is 3.10. The van der Waals surface area contributed by atoms with Crippen molar-refractivity contribution in [2.45, 2.75) is 0 Å². The number of thiazole rings is 1. The fourth-order valence-corrected chi connectivity index (χ4v) is 2.91. The number of hydrogen-bond donors (Lipinski definition) is 1. The van der Waals surface area contributed by atoms with Crippen LogP contribution in [-0.4, -0.2) is 52.2 Å². The van der Waals surface area contributed by atoms with Gasteiger partial charge in [-0.25, -0.2) is 19.7 Å². The average Bonchev–Trinajstić information content (AvgIpc) is 2.98. The summed E-state index contributed by atoms with van der Waals surface area (Å²) in [5.74, 6) is -0.249. The van der Waals surface area contributed by atoms with Gasteiger partial charge in [-0.2, -0.15) is 0 Å². The largest absolute Gasteiger partial charge is 0.476 e. The molecule has 3 heterocycles. The zero-order valence-corrected chi connectivity index (χ0v) is 11.5. The van der Waals surface area contributed by atoms with E-state index < -0.39 is 5.97 Å². The minimum Gasteiger partial charge on any atom is -0.476 e. The predicted octanol–water partition coefficient (Wildman–Crippen LogP) is 0.958. The van der Waals surface area contributed by atoms with Gasteiger partial charge in [-0.3, -0.25) is 0 Å². The molecule has 104 valence electrons. The van der Waals surface area contributed by atoms with E-state index in [1.165, 1.54) is 11.3 Å². The van der Waals surface area contributed by atoms with Crippen LogP contribution in [0.15, 0.2) is 23.8 Å². The lowest BCUT2D eigenvalue weighted by Gasteiger charge is -2.34. The SMILES string of the molecule is O=C(O)c1csc(N2CCN(c3ncccn3)CC2)n1. The lowest BCUT2D eigenvalue weighted by molar-refractivity contribution is 0.0691. The van der Waals surface area contributed by atoms with Gasteiger partial charge >= 0.3 is 5.97 Å². The van der Waals surface area contributed by atoms with E-state index in [4.69, 9.17) is 5.11 Å². The Morgan fingerprint density at radius 2 is 1.80 bits per heavy atom. The number of carboxylic acids is 1. The van der Waals surface area contributed by atoms with Crippen molar-refractivity contribution in [2.75, 3.05) is 36.0 Å². The van der Waals surface area contributed by atoms with Crippen LogP contribution < -0.4 is 9.80 Å². The fourth-order valence-electron chi connectivity index (χ4n) is 2.06. The molecule has 0 radical (unpaired) electrons. The molecule has 0 bridgehead atoms. The van der Waals surface area contributed by atoms with Crippen LogP contribution in [0.5, 0.6) is 0 Å². The highest BCUT2D eigenvalue weighted by Gasteiger charge is 2.21. The number of piperazine rings is 1. The van der Waals surface area contributed by atoms with E-state index >= 15 is 0 Å². The monoisotopic (exact) mass is 291 g/mol. The van der Waals surface area contributed by atoms with Gasteiger partial charge in [0, 0.05) is 44.0 Å². The summed E-state index contributed by atoms with van der Waals surface area (Å²) in [7, 11) is 0. The third kappa shape index (κ3) is 2.55. The molecule has 1 fully saturated rings. The van der Waals surface area contributed by atoms with Gasteiger partial charge in [-0.05, 0) is 6.07 Å². The summed E-state index contributed by atoms with van der Waals surface area (Å²) in [6.45, 7) is 3.16. The van der Waals surface area contributed by atoms with Crippen LogP contribution in [0.3, 0.4) is 0 Å². The Kier molecular flexibility index (Phi) is 3.46. The highest BCUT2D eigenvalue weighted by molar-refractivity contribution is 7.13. The Balaban J connectivity index is 1.65. The minimum atomic E-state index is -0.983. The minimum absolute atomic E-state index is 0.110. The summed E-state index contributed by atoms with van der Waals surface area (Å²) in [5, 5.41) is 11.2. The molecule has 0 atom stereocenters. The Morgan fingerprint density at radius 1 is 1.15 bits per heavy atom. The molecule has 0 unspecified atom stereocenters. The second-order valence-corrected chi connectivity index (χ2v) is 5.18. The quantitative estimate of drug-likeness (QED) is 0.901. The van der Waals surface area contributed by atoms with Gasteiger partial charge in [0.25, 0.3) is 0 Å². The van der Waals surface area contributed by atoms with Crippen molar-refractivity contribution >= 4 is 28.4 Å². The molecule has 1 N–H and O–H groups in total. The first kappa shape index (κ1) is 12.8. The first-order valence-electron chi connectivity index (χ1n) is 6.20. The molecule has 1 aliphatic heterocycles. The molecule has 0 aliphatic carbocycles. The van der Waals surface area contributed by atoms with Crippen molar-refractivity contribution in [1.29, 1.82) is 0 Å². The summed E-state index contributed by atoms with van der Waals surface area (Å²) < 4.78 is 0. The maximum atomic E-state index is 10.8. The molecule has 1 aliphatic rings. The van der Waals surface area contributed by atoms with E-state index in [0.717, 1.165) is 37.3 Å². The van der Waals surface area contributed by atoms with Crippen LogP contribution in [0.4, 0.5) is 11.1 Å². The maximum absolute atomic E-state index is 10.8. The Labute approximate surface area is 119 Å². The van der Waals surface area contributed by atoms with Crippen molar-refractivity contribution in [3.8, 4) is 0 Å². The Hall–Kier alpha value is -2.22. The highest BCUT2D eigenvalue weighted by atomic mass is 32.1. The zero-order valence-electron chi connectivity index (χ0n) is 10.6. The molecule has 2 aromatic rings. The molecule has 0 aromatic carbocycles. The lowest BCUT2D eigenvalue weighted by Crippen LogP contribution is -2.47. The van der Waals surface area contributed by atoms with E-state index in [-0.39, 0.29) is 5.69 Å². The number of carboxylic acid groups (broad SMARTS) is 1. The second-order valence-electron chi connectivity index (χ2n) is 4.34. The van der Waals surface area contributed by atoms with E-state index in [2.05, 4.69) is 24.8 Å². The van der Waals surface area contributed by atoms with E-state index in [1.807, 2.05) is 0 Å². The van der Waals surface area contributed by atoms with Crippen molar-refractivity contribution < 1.29 is 9.90 Å². The molecule has 2 aromatic heterocycles. The van der Waals surface area contributed by atoms with Crippen molar-refractivity contribution in [2.24, 2.45) is 0 Å². The van der Waals surface area contributed by atoms with Crippen LogP contribution >= 0.6 is 11.3 Å². The van der Waals surface area contributed by atoms with Crippen LogP contribution in [-0.2, 0) is 0 Å². The summed E-state index contributed by atoms with van der Waals surface area (Å²) in [4.78, 5) is 27.6.